The molecule has 0 unspecified atom stereocenters. The van der Waals surface area contributed by atoms with Gasteiger partial charge in [-0.2, -0.15) is 5.10 Å². The Bertz CT molecular complexity index is 1310. The van der Waals surface area contributed by atoms with Crippen molar-refractivity contribution in [2.45, 2.75) is 18.2 Å². The molecule has 5 N–H and O–H groups in total. The summed E-state index contributed by atoms with van der Waals surface area (Å²) in [7, 11) is -4.10. The minimum absolute atomic E-state index is 0.0542. The van der Waals surface area contributed by atoms with Gasteiger partial charge in [-0.05, 0) is 59.1 Å². The standard InChI is InChI=1S/C23H25BrN4O5S/c1-15(17-7-3-4-8-19(17)29)13-22(28-16(2)18(24)14-26-28)25-11-6-12-27-34(32,33)23-20(30)9-5-10-21(23)31/h3-5,7-10,13-14,25,27,29-31H,1,6,11-12H2,2H3/b22-13-. The van der Waals surface area contributed by atoms with E-state index in [1.807, 2.05) is 6.92 Å². The van der Waals surface area contributed by atoms with Crippen LogP contribution in [-0.4, -0.2) is 46.6 Å². The maximum Gasteiger partial charge on any atom is 0.247 e. The Morgan fingerprint density at radius 3 is 2.35 bits per heavy atom. The van der Waals surface area contributed by atoms with E-state index in [1.165, 1.54) is 18.2 Å². The summed E-state index contributed by atoms with van der Waals surface area (Å²) < 4.78 is 29.8. The maximum atomic E-state index is 12.5. The number of aromatic hydroxyl groups is 3. The van der Waals surface area contributed by atoms with E-state index in [2.05, 4.69) is 37.6 Å². The van der Waals surface area contributed by atoms with E-state index in [1.54, 1.807) is 41.2 Å². The summed E-state index contributed by atoms with van der Waals surface area (Å²) in [5, 5.41) is 37.3. The fraction of sp³-hybridized carbons (Fsp3) is 0.174. The average Bonchev–Trinajstić information content (AvgIpc) is 3.10. The summed E-state index contributed by atoms with van der Waals surface area (Å²) in [6.07, 6.45) is 3.78. The predicted octanol–water partition coefficient (Wildman–Crippen LogP) is 3.54. The molecule has 1 heterocycles. The van der Waals surface area contributed by atoms with E-state index >= 15 is 0 Å². The van der Waals surface area contributed by atoms with E-state index in [4.69, 9.17) is 0 Å². The van der Waals surface area contributed by atoms with Crippen LogP contribution in [0.2, 0.25) is 0 Å². The number of halogens is 1. The molecule has 180 valence electrons. The van der Waals surface area contributed by atoms with Gasteiger partial charge in [-0.15, -0.1) is 0 Å². The molecule has 0 aliphatic heterocycles. The van der Waals surface area contributed by atoms with Gasteiger partial charge in [0, 0.05) is 18.7 Å². The topological polar surface area (TPSA) is 137 Å². The number of nitrogens with zero attached hydrogens (tertiary/aromatic N) is 2. The maximum absolute atomic E-state index is 12.5. The highest BCUT2D eigenvalue weighted by Gasteiger charge is 2.22. The van der Waals surface area contributed by atoms with Crippen molar-refractivity contribution >= 4 is 37.3 Å². The lowest BCUT2D eigenvalue weighted by atomic mass is 10.1. The molecule has 0 saturated heterocycles. The van der Waals surface area contributed by atoms with Crippen molar-refractivity contribution in [1.82, 2.24) is 19.8 Å². The van der Waals surface area contributed by atoms with Crippen LogP contribution in [0.1, 0.15) is 17.7 Å². The Labute approximate surface area is 206 Å². The number of nitrogens with one attached hydrogen (secondary N) is 2. The number of allylic oxidation sites excluding steroid dienone is 2. The van der Waals surface area contributed by atoms with Gasteiger partial charge in [-0.25, -0.2) is 17.8 Å². The molecule has 9 nitrogen and oxygen atoms in total. The minimum Gasteiger partial charge on any atom is -0.507 e. The average molecular weight is 549 g/mol. The van der Waals surface area contributed by atoms with E-state index in [9.17, 15) is 23.7 Å². The third kappa shape index (κ3) is 5.79. The second kappa shape index (κ2) is 10.8. The fourth-order valence-electron chi connectivity index (χ4n) is 3.18. The molecule has 0 aliphatic rings. The smallest absolute Gasteiger partial charge is 0.247 e. The van der Waals surface area contributed by atoms with Crippen LogP contribution in [-0.2, 0) is 10.0 Å². The van der Waals surface area contributed by atoms with Crippen molar-refractivity contribution in [3.05, 3.63) is 77.0 Å². The number of hydrogen-bond acceptors (Lipinski definition) is 7. The van der Waals surface area contributed by atoms with Crippen LogP contribution in [0.3, 0.4) is 0 Å². The van der Waals surface area contributed by atoms with Crippen molar-refractivity contribution in [2.75, 3.05) is 13.1 Å². The van der Waals surface area contributed by atoms with Crippen LogP contribution in [0.4, 0.5) is 0 Å². The summed E-state index contributed by atoms with van der Waals surface area (Å²) >= 11 is 3.44. The molecule has 34 heavy (non-hydrogen) atoms. The van der Waals surface area contributed by atoms with Crippen molar-refractivity contribution in [3.63, 3.8) is 0 Å². The van der Waals surface area contributed by atoms with Crippen LogP contribution in [0, 0.1) is 6.92 Å². The SMILES string of the molecule is C=C(/C=C(/NCCCNS(=O)(=O)c1c(O)cccc1O)n1ncc(Br)c1C)c1ccccc1O. The Kier molecular flexibility index (Phi) is 8.02. The first-order valence-electron chi connectivity index (χ1n) is 10.3. The Balaban J connectivity index is 1.70. The number of benzene rings is 2. The van der Waals surface area contributed by atoms with E-state index in [0.717, 1.165) is 10.2 Å². The summed E-state index contributed by atoms with van der Waals surface area (Å²) in [6.45, 7) is 6.34. The number of para-hydroxylation sites is 1. The molecule has 0 spiro atoms. The molecule has 0 saturated carbocycles. The van der Waals surface area contributed by atoms with E-state index < -0.39 is 26.4 Å². The van der Waals surface area contributed by atoms with Gasteiger partial charge in [0.15, 0.2) is 4.90 Å². The number of phenols is 3. The lowest BCUT2D eigenvalue weighted by Gasteiger charge is -2.15. The third-order valence-corrected chi connectivity index (χ3v) is 7.25. The third-order valence-electron chi connectivity index (χ3n) is 4.93. The van der Waals surface area contributed by atoms with Gasteiger partial charge in [0.2, 0.25) is 10.0 Å². The molecule has 0 bridgehead atoms. The molecule has 1 aromatic heterocycles. The fourth-order valence-corrected chi connectivity index (χ4v) is 4.68. The highest BCUT2D eigenvalue weighted by atomic mass is 79.9. The van der Waals surface area contributed by atoms with Gasteiger partial charge in [0.25, 0.3) is 0 Å². The molecule has 3 rings (SSSR count). The summed E-state index contributed by atoms with van der Waals surface area (Å²) in [5.41, 5.74) is 1.96. The minimum atomic E-state index is -4.10. The molecule has 0 atom stereocenters. The zero-order chi connectivity index (χ0) is 24.9. The Morgan fingerprint density at radius 2 is 1.74 bits per heavy atom. The quantitative estimate of drug-likeness (QED) is 0.193. The molecule has 3 aromatic rings. The first-order chi connectivity index (χ1) is 16.1. The van der Waals surface area contributed by atoms with Gasteiger partial charge in [0.05, 0.1) is 16.4 Å². The van der Waals surface area contributed by atoms with Crippen molar-refractivity contribution in [1.29, 1.82) is 0 Å². The van der Waals surface area contributed by atoms with Gasteiger partial charge < -0.3 is 20.6 Å². The Morgan fingerprint density at radius 1 is 1.09 bits per heavy atom. The molecule has 0 fully saturated rings. The van der Waals surface area contributed by atoms with Crippen LogP contribution < -0.4 is 10.0 Å². The van der Waals surface area contributed by atoms with Crippen LogP contribution >= 0.6 is 15.9 Å². The normalized spacial score (nSPS) is 12.0. The molecule has 2 aromatic carbocycles. The lowest BCUT2D eigenvalue weighted by molar-refractivity contribution is 0.422. The number of phenolic OH excluding ortho intramolecular Hbond substituents is 3. The van der Waals surface area contributed by atoms with Crippen LogP contribution in [0.5, 0.6) is 17.2 Å². The molecular formula is C23H25BrN4O5S. The highest BCUT2D eigenvalue weighted by molar-refractivity contribution is 9.10. The molecule has 11 heteroatoms. The van der Waals surface area contributed by atoms with Crippen LogP contribution in [0.25, 0.3) is 11.4 Å². The number of hydrogen-bond donors (Lipinski definition) is 5. The first-order valence-corrected chi connectivity index (χ1v) is 12.5. The lowest BCUT2D eigenvalue weighted by Crippen LogP contribution is -2.28. The molecule has 0 radical (unpaired) electrons. The molecule has 0 amide bonds. The number of sulfonamides is 1. The van der Waals surface area contributed by atoms with E-state index in [0.29, 0.717) is 29.9 Å². The van der Waals surface area contributed by atoms with Gasteiger partial charge in [-0.1, -0.05) is 30.8 Å². The first kappa shape index (κ1) is 25.3. The van der Waals surface area contributed by atoms with Crippen molar-refractivity contribution in [3.8, 4) is 17.2 Å². The van der Waals surface area contributed by atoms with Crippen molar-refractivity contribution in [2.24, 2.45) is 0 Å². The molecular weight excluding hydrogens is 524 g/mol. The van der Waals surface area contributed by atoms with Crippen molar-refractivity contribution < 1.29 is 23.7 Å². The monoisotopic (exact) mass is 548 g/mol. The van der Waals surface area contributed by atoms with Gasteiger partial charge in [0.1, 0.15) is 23.1 Å². The van der Waals surface area contributed by atoms with E-state index in [-0.39, 0.29) is 12.3 Å². The summed E-state index contributed by atoms with van der Waals surface area (Å²) in [6, 6.07) is 10.6. The zero-order valence-corrected chi connectivity index (χ0v) is 20.8. The second-order valence-corrected chi connectivity index (χ2v) is 9.92. The predicted molar refractivity (Wildman–Crippen MR) is 134 cm³/mol. The van der Waals surface area contributed by atoms with Crippen LogP contribution in [0.15, 0.2) is 70.7 Å². The highest BCUT2D eigenvalue weighted by Crippen LogP contribution is 2.31. The largest absolute Gasteiger partial charge is 0.507 e. The zero-order valence-electron chi connectivity index (χ0n) is 18.4. The molecule has 0 aliphatic carbocycles. The second-order valence-electron chi connectivity index (χ2n) is 7.37. The number of aromatic nitrogens is 2. The number of rotatable bonds is 10. The Hall–Kier alpha value is -3.28. The van der Waals surface area contributed by atoms with Gasteiger partial charge >= 0.3 is 0 Å². The summed E-state index contributed by atoms with van der Waals surface area (Å²) in [4.78, 5) is -0.556. The summed E-state index contributed by atoms with van der Waals surface area (Å²) in [5.74, 6) is -0.377. The van der Waals surface area contributed by atoms with Gasteiger partial charge in [-0.3, -0.25) is 0 Å².